The summed E-state index contributed by atoms with van der Waals surface area (Å²) in [4.78, 5) is 25.8. The Morgan fingerprint density at radius 1 is 1.19 bits per heavy atom. The molecular formula is C20H27N5O2. The van der Waals surface area contributed by atoms with Crippen molar-refractivity contribution in [2.75, 3.05) is 18.4 Å². The van der Waals surface area contributed by atoms with E-state index in [9.17, 15) is 9.59 Å². The smallest absolute Gasteiger partial charge is 0.323 e. The number of carbonyl (C=O) groups is 2. The Bertz CT molecular complexity index is 823. The molecule has 0 radical (unpaired) electrons. The Kier molecular flexibility index (Phi) is 5.21. The minimum atomic E-state index is -0.278. The predicted octanol–water partition coefficient (Wildman–Crippen LogP) is 3.05. The van der Waals surface area contributed by atoms with Crippen molar-refractivity contribution in [3.8, 4) is 11.1 Å². The van der Waals surface area contributed by atoms with Crippen molar-refractivity contribution >= 4 is 17.8 Å². The SMILES string of the molecule is CC(=O)N[C@H]1CCN(C(=O)Nc2c(-c3ccccc3)cnn2C(C)(C)C)C1. The second-order valence-electron chi connectivity index (χ2n) is 7.92. The molecule has 27 heavy (non-hydrogen) atoms. The molecule has 1 aromatic heterocycles. The Morgan fingerprint density at radius 3 is 2.52 bits per heavy atom. The monoisotopic (exact) mass is 369 g/mol. The summed E-state index contributed by atoms with van der Waals surface area (Å²) < 4.78 is 1.84. The number of aromatic nitrogens is 2. The van der Waals surface area contributed by atoms with Crippen LogP contribution in [-0.4, -0.2) is 45.8 Å². The molecule has 3 rings (SSSR count). The van der Waals surface area contributed by atoms with Gasteiger partial charge in [-0.15, -0.1) is 0 Å². The molecular weight excluding hydrogens is 342 g/mol. The second-order valence-corrected chi connectivity index (χ2v) is 7.92. The summed E-state index contributed by atoms with van der Waals surface area (Å²) in [6.07, 6.45) is 2.55. The summed E-state index contributed by atoms with van der Waals surface area (Å²) in [6, 6.07) is 9.73. The minimum absolute atomic E-state index is 0.00868. The van der Waals surface area contributed by atoms with E-state index in [2.05, 4.69) is 15.7 Å². The maximum Gasteiger partial charge on any atom is 0.323 e. The molecule has 0 spiro atoms. The number of urea groups is 1. The van der Waals surface area contributed by atoms with E-state index in [-0.39, 0.29) is 23.5 Å². The number of likely N-dealkylation sites (tertiary alicyclic amines) is 1. The number of anilines is 1. The highest BCUT2D eigenvalue weighted by Crippen LogP contribution is 2.32. The molecule has 0 unspecified atom stereocenters. The topological polar surface area (TPSA) is 79.3 Å². The highest BCUT2D eigenvalue weighted by molar-refractivity contribution is 5.93. The molecule has 2 N–H and O–H groups in total. The third-order valence-corrected chi connectivity index (χ3v) is 4.60. The zero-order valence-electron chi connectivity index (χ0n) is 16.3. The van der Waals surface area contributed by atoms with Crippen LogP contribution in [0.3, 0.4) is 0 Å². The maximum absolute atomic E-state index is 12.9. The first-order valence-electron chi connectivity index (χ1n) is 9.22. The molecule has 1 aliphatic heterocycles. The van der Waals surface area contributed by atoms with Crippen molar-refractivity contribution in [2.24, 2.45) is 0 Å². The lowest BCUT2D eigenvalue weighted by Crippen LogP contribution is -2.39. The molecule has 1 fully saturated rings. The van der Waals surface area contributed by atoms with Crippen LogP contribution >= 0.6 is 0 Å². The summed E-state index contributed by atoms with van der Waals surface area (Å²) in [5.41, 5.74) is 1.61. The highest BCUT2D eigenvalue weighted by Gasteiger charge is 2.29. The van der Waals surface area contributed by atoms with Crippen molar-refractivity contribution < 1.29 is 9.59 Å². The van der Waals surface area contributed by atoms with Gasteiger partial charge < -0.3 is 10.2 Å². The van der Waals surface area contributed by atoms with E-state index in [0.29, 0.717) is 18.9 Å². The number of amides is 3. The van der Waals surface area contributed by atoms with E-state index in [1.165, 1.54) is 6.92 Å². The van der Waals surface area contributed by atoms with Crippen molar-refractivity contribution in [1.29, 1.82) is 0 Å². The molecule has 0 saturated carbocycles. The van der Waals surface area contributed by atoms with Gasteiger partial charge in [0.15, 0.2) is 0 Å². The summed E-state index contributed by atoms with van der Waals surface area (Å²) in [5, 5.41) is 10.5. The van der Waals surface area contributed by atoms with Crippen molar-refractivity contribution in [3.63, 3.8) is 0 Å². The van der Waals surface area contributed by atoms with E-state index in [4.69, 9.17) is 0 Å². The van der Waals surface area contributed by atoms with E-state index in [1.807, 2.05) is 55.8 Å². The van der Waals surface area contributed by atoms with Gasteiger partial charge in [0.05, 0.1) is 11.7 Å². The number of benzene rings is 1. The molecule has 1 aromatic carbocycles. The summed E-state index contributed by atoms with van der Waals surface area (Å²) in [5.74, 6) is 0.612. The third kappa shape index (κ3) is 4.30. The Balaban J connectivity index is 1.84. The molecule has 0 aliphatic carbocycles. The number of hydrogen-bond acceptors (Lipinski definition) is 3. The van der Waals surface area contributed by atoms with Gasteiger partial charge in [-0.3, -0.25) is 10.1 Å². The van der Waals surface area contributed by atoms with Crippen LogP contribution in [0.5, 0.6) is 0 Å². The molecule has 3 amide bonds. The highest BCUT2D eigenvalue weighted by atomic mass is 16.2. The van der Waals surface area contributed by atoms with Gasteiger partial charge in [0.25, 0.3) is 0 Å². The lowest BCUT2D eigenvalue weighted by molar-refractivity contribution is -0.119. The van der Waals surface area contributed by atoms with Crippen LogP contribution in [0, 0.1) is 0 Å². The normalized spacial score (nSPS) is 17.0. The van der Waals surface area contributed by atoms with Gasteiger partial charge in [-0.25, -0.2) is 9.48 Å². The lowest BCUT2D eigenvalue weighted by atomic mass is 10.1. The number of rotatable bonds is 3. The molecule has 7 heteroatoms. The zero-order valence-corrected chi connectivity index (χ0v) is 16.3. The van der Waals surface area contributed by atoms with E-state index < -0.39 is 0 Å². The third-order valence-electron chi connectivity index (χ3n) is 4.60. The molecule has 7 nitrogen and oxygen atoms in total. The van der Waals surface area contributed by atoms with Gasteiger partial charge in [0, 0.05) is 31.6 Å². The average Bonchev–Trinajstić information content (AvgIpc) is 3.22. The Hall–Kier alpha value is -2.83. The van der Waals surface area contributed by atoms with Gasteiger partial charge in [-0.05, 0) is 32.8 Å². The van der Waals surface area contributed by atoms with Crippen molar-refractivity contribution in [1.82, 2.24) is 20.0 Å². The quantitative estimate of drug-likeness (QED) is 0.873. The van der Waals surface area contributed by atoms with Crippen LogP contribution in [0.2, 0.25) is 0 Å². The number of carbonyl (C=O) groups excluding carboxylic acids is 2. The van der Waals surface area contributed by atoms with Crippen molar-refractivity contribution in [2.45, 2.75) is 45.7 Å². The van der Waals surface area contributed by atoms with E-state index in [1.54, 1.807) is 11.1 Å². The van der Waals surface area contributed by atoms with E-state index >= 15 is 0 Å². The van der Waals surface area contributed by atoms with Gasteiger partial charge in [-0.2, -0.15) is 5.10 Å². The number of hydrogen-bond donors (Lipinski definition) is 2. The van der Waals surface area contributed by atoms with Crippen LogP contribution in [0.25, 0.3) is 11.1 Å². The predicted molar refractivity (Wildman–Crippen MR) is 105 cm³/mol. The van der Waals surface area contributed by atoms with Crippen LogP contribution < -0.4 is 10.6 Å². The number of nitrogens with zero attached hydrogens (tertiary/aromatic N) is 3. The van der Waals surface area contributed by atoms with Gasteiger partial charge in [-0.1, -0.05) is 30.3 Å². The zero-order chi connectivity index (χ0) is 19.6. The van der Waals surface area contributed by atoms with Crippen LogP contribution in [0.4, 0.5) is 10.6 Å². The Morgan fingerprint density at radius 2 is 1.89 bits per heavy atom. The minimum Gasteiger partial charge on any atom is -0.352 e. The molecule has 1 atom stereocenters. The van der Waals surface area contributed by atoms with Crippen LogP contribution in [-0.2, 0) is 10.3 Å². The number of nitrogens with one attached hydrogen (secondary N) is 2. The Labute approximate surface area is 159 Å². The molecule has 2 heterocycles. The standard InChI is InChI=1S/C20H27N5O2/c1-14(26)22-16-10-11-24(13-16)19(27)23-18-17(15-8-6-5-7-9-15)12-21-25(18)20(2,3)4/h5-9,12,16H,10-11,13H2,1-4H3,(H,22,26)(H,23,27)/t16-/m0/s1. The lowest BCUT2D eigenvalue weighted by Gasteiger charge is -2.25. The fraction of sp³-hybridized carbons (Fsp3) is 0.450. The summed E-state index contributed by atoms with van der Waals surface area (Å²) >= 11 is 0. The van der Waals surface area contributed by atoms with Gasteiger partial charge >= 0.3 is 6.03 Å². The van der Waals surface area contributed by atoms with Crippen LogP contribution in [0.1, 0.15) is 34.1 Å². The molecule has 2 aromatic rings. The fourth-order valence-electron chi connectivity index (χ4n) is 3.34. The van der Waals surface area contributed by atoms with Gasteiger partial charge in [0.2, 0.25) is 5.91 Å². The largest absolute Gasteiger partial charge is 0.352 e. The average molecular weight is 369 g/mol. The summed E-state index contributed by atoms with van der Waals surface area (Å²) in [7, 11) is 0. The second kappa shape index (κ2) is 7.42. The first kappa shape index (κ1) is 18.9. The van der Waals surface area contributed by atoms with Crippen LogP contribution in [0.15, 0.2) is 36.5 Å². The molecule has 1 aliphatic rings. The first-order valence-corrected chi connectivity index (χ1v) is 9.22. The molecule has 0 bridgehead atoms. The summed E-state index contributed by atoms with van der Waals surface area (Å²) in [6.45, 7) is 8.76. The van der Waals surface area contributed by atoms with Crippen molar-refractivity contribution in [3.05, 3.63) is 36.5 Å². The molecule has 1 saturated heterocycles. The van der Waals surface area contributed by atoms with Gasteiger partial charge in [0.1, 0.15) is 5.82 Å². The molecule has 144 valence electrons. The first-order chi connectivity index (χ1) is 12.8. The maximum atomic E-state index is 12.9. The van der Waals surface area contributed by atoms with E-state index in [0.717, 1.165) is 17.5 Å². The fourth-order valence-corrected chi connectivity index (χ4v) is 3.34.